The quantitative estimate of drug-likeness (QED) is 0.415. The normalized spacial score (nSPS) is 9.60. The molecule has 0 fully saturated rings. The van der Waals surface area contributed by atoms with Crippen LogP contribution in [0.15, 0.2) is 46.9 Å². The van der Waals surface area contributed by atoms with Crippen LogP contribution in [0.2, 0.25) is 0 Å². The van der Waals surface area contributed by atoms with Gasteiger partial charge in [-0.1, -0.05) is 23.6 Å². The van der Waals surface area contributed by atoms with Gasteiger partial charge in [0.05, 0.1) is 0 Å². The van der Waals surface area contributed by atoms with Crippen LogP contribution in [0.25, 0.3) is 21.9 Å². The van der Waals surface area contributed by atoms with Gasteiger partial charge in [-0.3, -0.25) is 0 Å². The van der Waals surface area contributed by atoms with Crippen LogP contribution in [0.5, 0.6) is 0 Å². The van der Waals surface area contributed by atoms with Crippen molar-refractivity contribution in [2.75, 3.05) is 0 Å². The average molecular weight is 271 g/mol. The van der Waals surface area contributed by atoms with Crippen LogP contribution in [0.3, 0.4) is 0 Å². The van der Waals surface area contributed by atoms with E-state index in [-0.39, 0.29) is 40.0 Å². The second-order valence-electron chi connectivity index (χ2n) is 3.02. The number of rotatable bonds is 0. The van der Waals surface area contributed by atoms with Crippen molar-refractivity contribution in [3.05, 3.63) is 48.5 Å². The first-order valence-electron chi connectivity index (χ1n) is 4.22. The molecule has 0 aliphatic carbocycles. The molecule has 0 aliphatic heterocycles. The molecule has 1 heterocycles. The molecule has 3 aromatic rings. The number of fused-ring (bicyclic) bond motifs is 3. The molecular formula is C12H7BrMgO. The van der Waals surface area contributed by atoms with Crippen molar-refractivity contribution in [2.45, 2.75) is 0 Å². The van der Waals surface area contributed by atoms with Crippen molar-refractivity contribution in [2.24, 2.45) is 0 Å². The Bertz CT molecular complexity index is 523. The summed E-state index contributed by atoms with van der Waals surface area (Å²) >= 11 is 0. The van der Waals surface area contributed by atoms with E-state index in [2.05, 4.69) is 12.1 Å². The summed E-state index contributed by atoms with van der Waals surface area (Å²) in [7, 11) is 0. The second-order valence-corrected chi connectivity index (χ2v) is 3.02. The molecule has 2 aromatic carbocycles. The molecule has 0 atom stereocenters. The fourth-order valence-corrected chi connectivity index (χ4v) is 1.61. The molecule has 15 heavy (non-hydrogen) atoms. The summed E-state index contributed by atoms with van der Waals surface area (Å²) in [5.41, 5.74) is 1.87. The molecule has 0 saturated carbocycles. The Kier molecular flexibility index (Phi) is 4.19. The van der Waals surface area contributed by atoms with Gasteiger partial charge in [0, 0.05) is 5.58 Å². The van der Waals surface area contributed by atoms with Gasteiger partial charge in [0.25, 0.3) is 0 Å². The largest absolute Gasteiger partial charge is 2.00 e. The molecule has 1 nitrogen and oxygen atoms in total. The van der Waals surface area contributed by atoms with E-state index in [9.17, 15) is 0 Å². The topological polar surface area (TPSA) is 13.1 Å². The third kappa shape index (κ3) is 2.05. The Morgan fingerprint density at radius 3 is 2.53 bits per heavy atom. The summed E-state index contributed by atoms with van der Waals surface area (Å²) in [6.07, 6.45) is 0. The van der Waals surface area contributed by atoms with E-state index in [1.807, 2.05) is 36.4 Å². The Labute approximate surface area is 114 Å². The smallest absolute Gasteiger partial charge is 1.00 e. The summed E-state index contributed by atoms with van der Waals surface area (Å²) < 4.78 is 5.63. The molecule has 70 valence electrons. The second kappa shape index (κ2) is 5.01. The van der Waals surface area contributed by atoms with E-state index in [4.69, 9.17) is 4.42 Å². The molecule has 3 rings (SSSR count). The Hall–Kier alpha value is -0.514. The van der Waals surface area contributed by atoms with Crippen LogP contribution in [0, 0.1) is 6.07 Å². The third-order valence-electron chi connectivity index (χ3n) is 2.22. The Morgan fingerprint density at radius 2 is 1.67 bits per heavy atom. The van der Waals surface area contributed by atoms with Crippen molar-refractivity contribution < 1.29 is 21.4 Å². The standard InChI is InChI=1S/C12H7O.BrH.Mg/c1-3-7-11-9(5-1)10-6-2-4-8-12(10)13-11;;/h1,3-8H;1H;/q-1;;+2/p-1. The summed E-state index contributed by atoms with van der Waals surface area (Å²) in [6.45, 7) is 0. The number of para-hydroxylation sites is 1. The number of halogens is 1. The minimum atomic E-state index is 0. The third-order valence-corrected chi connectivity index (χ3v) is 2.22. The van der Waals surface area contributed by atoms with E-state index in [0.717, 1.165) is 21.9 Å². The van der Waals surface area contributed by atoms with Gasteiger partial charge >= 0.3 is 23.1 Å². The maximum absolute atomic E-state index is 5.63. The van der Waals surface area contributed by atoms with E-state index in [1.165, 1.54) is 0 Å². The van der Waals surface area contributed by atoms with Crippen molar-refractivity contribution in [3.63, 3.8) is 0 Å². The molecule has 1 aromatic heterocycles. The van der Waals surface area contributed by atoms with E-state index < -0.39 is 0 Å². The van der Waals surface area contributed by atoms with Crippen LogP contribution in [0.4, 0.5) is 0 Å². The zero-order chi connectivity index (χ0) is 8.67. The first-order chi connectivity index (χ1) is 6.45. The van der Waals surface area contributed by atoms with E-state index >= 15 is 0 Å². The van der Waals surface area contributed by atoms with Gasteiger partial charge in [0.1, 0.15) is 5.58 Å². The van der Waals surface area contributed by atoms with E-state index in [0.29, 0.717) is 0 Å². The van der Waals surface area contributed by atoms with Crippen LogP contribution in [-0.2, 0) is 0 Å². The van der Waals surface area contributed by atoms with Crippen molar-refractivity contribution >= 4 is 45.0 Å². The first kappa shape index (κ1) is 12.6. The minimum Gasteiger partial charge on any atom is -1.00 e. The van der Waals surface area contributed by atoms with Gasteiger partial charge in [-0.05, 0) is 11.5 Å². The Morgan fingerprint density at radius 1 is 0.933 bits per heavy atom. The molecule has 3 heteroatoms. The van der Waals surface area contributed by atoms with Gasteiger partial charge in [0.15, 0.2) is 0 Å². The van der Waals surface area contributed by atoms with Gasteiger partial charge in [-0.15, -0.1) is 6.07 Å². The van der Waals surface area contributed by atoms with Gasteiger partial charge in [0.2, 0.25) is 0 Å². The molecular weight excluding hydrogens is 264 g/mol. The summed E-state index contributed by atoms with van der Waals surface area (Å²) in [4.78, 5) is 0. The number of furan rings is 1. The number of hydrogen-bond donors (Lipinski definition) is 0. The van der Waals surface area contributed by atoms with Gasteiger partial charge < -0.3 is 21.4 Å². The predicted molar refractivity (Wildman–Crippen MR) is 58.3 cm³/mol. The average Bonchev–Trinajstić information content (AvgIpc) is 2.56. The SMILES string of the molecule is [Br-].[Mg+2].[c-]1ccc2oc3ccccc3c2c1. The molecule has 0 saturated heterocycles. The molecule has 0 aliphatic rings. The van der Waals surface area contributed by atoms with Crippen molar-refractivity contribution in [3.8, 4) is 0 Å². The maximum atomic E-state index is 5.63. The van der Waals surface area contributed by atoms with Crippen LogP contribution in [0.1, 0.15) is 0 Å². The zero-order valence-electron chi connectivity index (χ0n) is 8.03. The zero-order valence-corrected chi connectivity index (χ0v) is 11.0. The van der Waals surface area contributed by atoms with Crippen LogP contribution < -0.4 is 17.0 Å². The van der Waals surface area contributed by atoms with Crippen LogP contribution >= 0.6 is 0 Å². The van der Waals surface area contributed by atoms with Crippen molar-refractivity contribution in [1.29, 1.82) is 0 Å². The maximum Gasteiger partial charge on any atom is 2.00 e. The van der Waals surface area contributed by atoms with Gasteiger partial charge in [-0.2, -0.15) is 18.2 Å². The number of benzene rings is 2. The predicted octanol–water partition coefficient (Wildman–Crippen LogP) is 0.00939. The molecule has 0 radical (unpaired) electrons. The molecule has 0 spiro atoms. The van der Waals surface area contributed by atoms with E-state index in [1.54, 1.807) is 0 Å². The molecule has 0 N–H and O–H groups in total. The first-order valence-corrected chi connectivity index (χ1v) is 4.22. The molecule has 0 unspecified atom stereocenters. The number of hydrogen-bond acceptors (Lipinski definition) is 1. The minimum absolute atomic E-state index is 0. The fraction of sp³-hybridized carbons (Fsp3) is 0. The van der Waals surface area contributed by atoms with Gasteiger partial charge in [-0.25, -0.2) is 0 Å². The Balaban J connectivity index is 0.000000562. The fourth-order valence-electron chi connectivity index (χ4n) is 1.61. The van der Waals surface area contributed by atoms with Crippen LogP contribution in [-0.4, -0.2) is 23.1 Å². The summed E-state index contributed by atoms with van der Waals surface area (Å²) in [5, 5.41) is 2.30. The molecule has 0 amide bonds. The van der Waals surface area contributed by atoms with Crippen molar-refractivity contribution in [1.82, 2.24) is 0 Å². The molecule has 0 bridgehead atoms. The monoisotopic (exact) mass is 270 g/mol. The summed E-state index contributed by atoms with van der Waals surface area (Å²) in [5.74, 6) is 0. The summed E-state index contributed by atoms with van der Waals surface area (Å²) in [6, 6.07) is 16.9.